The summed E-state index contributed by atoms with van der Waals surface area (Å²) < 4.78 is 8.19. The molecule has 0 saturated carbocycles. The number of fused-ring (bicyclic) bond motifs is 3. The minimum Gasteiger partial charge on any atom is -0.456 e. The smallest absolute Gasteiger partial charge is 0.144 e. The Morgan fingerprint density at radius 1 is 0.656 bits per heavy atom. The van der Waals surface area contributed by atoms with E-state index in [1.807, 2.05) is 42.7 Å². The van der Waals surface area contributed by atoms with Gasteiger partial charge in [-0.05, 0) is 66.4 Å². The highest BCUT2D eigenvalue weighted by molar-refractivity contribution is 6.06. The van der Waals surface area contributed by atoms with E-state index in [1.54, 1.807) is 0 Å². The largest absolute Gasteiger partial charge is 0.456 e. The molecule has 0 radical (unpaired) electrons. The summed E-state index contributed by atoms with van der Waals surface area (Å²) in [5.41, 5.74) is 8.96. The van der Waals surface area contributed by atoms with Crippen molar-refractivity contribution < 1.29 is 4.42 Å². The molecule has 0 aliphatic carbocycles. The molecule has 0 unspecified atom stereocenters. The number of imidazole rings is 1. The van der Waals surface area contributed by atoms with Crippen LogP contribution in [-0.2, 0) is 0 Å². The number of aromatic nitrogens is 2. The minimum absolute atomic E-state index is 0.922. The lowest BCUT2D eigenvalue weighted by Crippen LogP contribution is -2.02. The van der Waals surface area contributed by atoms with E-state index in [2.05, 4.69) is 78.0 Å². The molecular formula is C29H22N2O. The van der Waals surface area contributed by atoms with Gasteiger partial charge in [0.15, 0.2) is 0 Å². The maximum absolute atomic E-state index is 6.00. The first kappa shape index (κ1) is 18.6. The van der Waals surface area contributed by atoms with E-state index in [0.29, 0.717) is 0 Å². The van der Waals surface area contributed by atoms with Crippen LogP contribution in [0.1, 0.15) is 11.1 Å². The second-order valence-electron chi connectivity index (χ2n) is 8.25. The number of furan rings is 1. The van der Waals surface area contributed by atoms with Crippen LogP contribution < -0.4 is 0 Å². The molecule has 0 amide bonds. The predicted octanol–water partition coefficient (Wildman–Crippen LogP) is 7.72. The molecule has 2 aromatic heterocycles. The Kier molecular flexibility index (Phi) is 4.22. The molecular weight excluding hydrogens is 392 g/mol. The van der Waals surface area contributed by atoms with Crippen LogP contribution in [-0.4, -0.2) is 9.55 Å². The SMILES string of the molecule is Cc1cc(-c2ccc3oc4ccccc4c3c2)cc(C)c1-n1ccnc1-c1ccccc1. The molecule has 0 fully saturated rings. The van der Waals surface area contributed by atoms with Gasteiger partial charge in [0.05, 0.1) is 5.69 Å². The van der Waals surface area contributed by atoms with Crippen LogP contribution in [0.4, 0.5) is 0 Å². The van der Waals surface area contributed by atoms with Crippen LogP contribution in [0.5, 0.6) is 0 Å². The molecule has 0 aliphatic rings. The van der Waals surface area contributed by atoms with Crippen molar-refractivity contribution in [3.05, 3.63) is 108 Å². The number of hydrogen-bond acceptors (Lipinski definition) is 2. The van der Waals surface area contributed by atoms with Crippen molar-refractivity contribution in [1.29, 1.82) is 0 Å². The number of benzene rings is 4. The molecule has 2 heterocycles. The number of aryl methyl sites for hydroxylation is 2. The number of para-hydroxylation sites is 1. The number of hydrogen-bond donors (Lipinski definition) is 0. The summed E-state index contributed by atoms with van der Waals surface area (Å²) in [7, 11) is 0. The highest BCUT2D eigenvalue weighted by atomic mass is 16.3. The molecule has 0 aliphatic heterocycles. The van der Waals surface area contributed by atoms with Crippen molar-refractivity contribution in [2.24, 2.45) is 0 Å². The van der Waals surface area contributed by atoms with Gasteiger partial charge in [0.1, 0.15) is 17.0 Å². The van der Waals surface area contributed by atoms with E-state index >= 15 is 0 Å². The lowest BCUT2D eigenvalue weighted by Gasteiger charge is -2.16. The van der Waals surface area contributed by atoms with Crippen LogP contribution in [0.2, 0.25) is 0 Å². The second kappa shape index (κ2) is 7.24. The monoisotopic (exact) mass is 414 g/mol. The zero-order chi connectivity index (χ0) is 21.7. The quantitative estimate of drug-likeness (QED) is 0.297. The summed E-state index contributed by atoms with van der Waals surface area (Å²) in [5.74, 6) is 0.954. The fraction of sp³-hybridized carbons (Fsp3) is 0.0690. The molecule has 0 atom stereocenters. The first-order chi connectivity index (χ1) is 15.7. The van der Waals surface area contributed by atoms with Gasteiger partial charge in [0.2, 0.25) is 0 Å². The standard InChI is InChI=1S/C29H22N2O/c1-19-16-23(22-12-13-27-25(18-22)24-10-6-7-11-26(24)32-27)17-20(2)28(19)31-15-14-30-29(31)21-8-4-3-5-9-21/h3-18H,1-2H3. The zero-order valence-electron chi connectivity index (χ0n) is 18.0. The van der Waals surface area contributed by atoms with E-state index in [-0.39, 0.29) is 0 Å². The fourth-order valence-corrected chi connectivity index (χ4v) is 4.69. The minimum atomic E-state index is 0.922. The lowest BCUT2D eigenvalue weighted by molar-refractivity contribution is 0.669. The van der Waals surface area contributed by atoms with Gasteiger partial charge in [-0.3, -0.25) is 4.57 Å². The van der Waals surface area contributed by atoms with Crippen LogP contribution >= 0.6 is 0 Å². The van der Waals surface area contributed by atoms with E-state index in [0.717, 1.165) is 33.3 Å². The Morgan fingerprint density at radius 3 is 2.19 bits per heavy atom. The molecule has 0 spiro atoms. The van der Waals surface area contributed by atoms with Gasteiger partial charge in [-0.25, -0.2) is 4.98 Å². The lowest BCUT2D eigenvalue weighted by atomic mass is 9.97. The van der Waals surface area contributed by atoms with Gasteiger partial charge < -0.3 is 4.42 Å². The van der Waals surface area contributed by atoms with Crippen molar-refractivity contribution in [2.45, 2.75) is 13.8 Å². The van der Waals surface area contributed by atoms with Crippen LogP contribution in [0.3, 0.4) is 0 Å². The zero-order valence-corrected chi connectivity index (χ0v) is 18.0. The first-order valence-corrected chi connectivity index (χ1v) is 10.8. The molecule has 32 heavy (non-hydrogen) atoms. The Morgan fingerprint density at radius 2 is 1.38 bits per heavy atom. The van der Waals surface area contributed by atoms with Crippen LogP contribution in [0.15, 0.2) is 102 Å². The van der Waals surface area contributed by atoms with Gasteiger partial charge in [0, 0.05) is 28.7 Å². The summed E-state index contributed by atoms with van der Waals surface area (Å²) in [6, 6.07) is 29.5. The van der Waals surface area contributed by atoms with Gasteiger partial charge in [0.25, 0.3) is 0 Å². The normalized spacial score (nSPS) is 11.4. The molecule has 6 aromatic rings. The third kappa shape index (κ3) is 2.94. The summed E-state index contributed by atoms with van der Waals surface area (Å²) in [6.45, 7) is 4.35. The number of rotatable bonds is 3. The van der Waals surface area contributed by atoms with E-state index < -0.39 is 0 Å². The van der Waals surface area contributed by atoms with Crippen molar-refractivity contribution in [2.75, 3.05) is 0 Å². The van der Waals surface area contributed by atoms with E-state index in [9.17, 15) is 0 Å². The van der Waals surface area contributed by atoms with Gasteiger partial charge in [-0.1, -0.05) is 54.6 Å². The molecule has 3 heteroatoms. The molecule has 3 nitrogen and oxygen atoms in total. The first-order valence-electron chi connectivity index (χ1n) is 10.8. The Hall–Kier alpha value is -4.11. The predicted molar refractivity (Wildman–Crippen MR) is 131 cm³/mol. The highest BCUT2D eigenvalue weighted by Gasteiger charge is 2.14. The average molecular weight is 415 g/mol. The average Bonchev–Trinajstić information content (AvgIpc) is 3.43. The summed E-state index contributed by atoms with van der Waals surface area (Å²) >= 11 is 0. The molecule has 6 rings (SSSR count). The van der Waals surface area contributed by atoms with Gasteiger partial charge >= 0.3 is 0 Å². The maximum atomic E-state index is 6.00. The van der Waals surface area contributed by atoms with E-state index in [1.165, 1.54) is 27.9 Å². The maximum Gasteiger partial charge on any atom is 0.144 e. The molecule has 0 N–H and O–H groups in total. The van der Waals surface area contributed by atoms with Crippen molar-refractivity contribution in [3.63, 3.8) is 0 Å². The van der Waals surface area contributed by atoms with Crippen molar-refractivity contribution >= 4 is 21.9 Å². The number of nitrogens with zero attached hydrogens (tertiary/aromatic N) is 2. The summed E-state index contributed by atoms with van der Waals surface area (Å²) in [6.07, 6.45) is 3.91. The Balaban J connectivity index is 1.48. The van der Waals surface area contributed by atoms with Gasteiger partial charge in [-0.15, -0.1) is 0 Å². The topological polar surface area (TPSA) is 31.0 Å². The van der Waals surface area contributed by atoms with E-state index in [4.69, 9.17) is 4.42 Å². The molecule has 0 bridgehead atoms. The van der Waals surface area contributed by atoms with Crippen molar-refractivity contribution in [3.8, 4) is 28.2 Å². The van der Waals surface area contributed by atoms with Crippen molar-refractivity contribution in [1.82, 2.24) is 9.55 Å². The fourth-order valence-electron chi connectivity index (χ4n) is 4.69. The summed E-state index contributed by atoms with van der Waals surface area (Å²) in [4.78, 5) is 4.64. The van der Waals surface area contributed by atoms with Crippen LogP contribution in [0, 0.1) is 13.8 Å². The second-order valence-corrected chi connectivity index (χ2v) is 8.25. The molecule has 4 aromatic carbocycles. The van der Waals surface area contributed by atoms with Crippen LogP contribution in [0.25, 0.3) is 50.1 Å². The Bertz CT molecular complexity index is 1570. The highest BCUT2D eigenvalue weighted by Crippen LogP contribution is 2.35. The molecule has 154 valence electrons. The third-order valence-corrected chi connectivity index (χ3v) is 6.11. The summed E-state index contributed by atoms with van der Waals surface area (Å²) in [5, 5.41) is 2.30. The Labute approximate surface area is 186 Å². The molecule has 0 saturated heterocycles. The third-order valence-electron chi connectivity index (χ3n) is 6.11. The van der Waals surface area contributed by atoms with Gasteiger partial charge in [-0.2, -0.15) is 0 Å².